The van der Waals surface area contributed by atoms with Crippen molar-refractivity contribution in [2.75, 3.05) is 77.0 Å². The number of ketones is 1. The molecule has 1 aliphatic carbocycles. The van der Waals surface area contributed by atoms with Crippen LogP contribution in [0.4, 0.5) is 17.5 Å². The van der Waals surface area contributed by atoms with Gasteiger partial charge in [-0.15, -0.1) is 0 Å². The maximum absolute atomic E-state index is 12.4. The number of nitrogens with zero attached hydrogens (tertiary/aromatic N) is 3. The van der Waals surface area contributed by atoms with Gasteiger partial charge >= 0.3 is 0 Å². The van der Waals surface area contributed by atoms with Gasteiger partial charge < -0.3 is 34.5 Å². The molecule has 1 heterocycles. The van der Waals surface area contributed by atoms with E-state index in [1.807, 2.05) is 49.3 Å². The number of likely N-dealkylation sites (N-methyl/N-ethyl adjacent to an activating group) is 1. The van der Waals surface area contributed by atoms with Crippen molar-refractivity contribution in [1.29, 1.82) is 0 Å². The summed E-state index contributed by atoms with van der Waals surface area (Å²) >= 11 is 0. The van der Waals surface area contributed by atoms with Gasteiger partial charge in [0, 0.05) is 89.4 Å². The van der Waals surface area contributed by atoms with Crippen molar-refractivity contribution in [2.24, 2.45) is 5.92 Å². The number of rotatable bonds is 25. The van der Waals surface area contributed by atoms with Crippen LogP contribution in [-0.4, -0.2) is 92.9 Å². The van der Waals surface area contributed by atoms with Gasteiger partial charge in [0.2, 0.25) is 11.9 Å². The molecule has 0 radical (unpaired) electrons. The predicted molar refractivity (Wildman–Crippen MR) is 176 cm³/mol. The van der Waals surface area contributed by atoms with Gasteiger partial charge in [0.1, 0.15) is 18.2 Å². The molecule has 2 N–H and O–H groups in total. The minimum absolute atomic E-state index is 0.132. The average Bonchev–Trinajstić information content (AvgIpc) is 3.02. The van der Waals surface area contributed by atoms with Crippen LogP contribution in [0.3, 0.4) is 0 Å². The molecule has 1 amide bonds. The number of carbonyl (C=O) groups excluding carboxylic acids is 2. The largest absolute Gasteiger partial charge is 0.494 e. The van der Waals surface area contributed by atoms with E-state index in [1.54, 1.807) is 0 Å². The number of carbonyl (C=O) groups is 2. The maximum atomic E-state index is 12.4. The van der Waals surface area contributed by atoms with Crippen molar-refractivity contribution in [1.82, 2.24) is 14.9 Å². The van der Waals surface area contributed by atoms with Gasteiger partial charge in [-0.3, -0.25) is 9.59 Å². The summed E-state index contributed by atoms with van der Waals surface area (Å²) < 4.78 is 22.4. The minimum atomic E-state index is 0.132. The van der Waals surface area contributed by atoms with Crippen LogP contribution in [0, 0.1) is 5.92 Å². The number of aryl methyl sites for hydroxylation is 1. The molecular weight excluding hydrogens is 574 g/mol. The summed E-state index contributed by atoms with van der Waals surface area (Å²) in [6.45, 7) is 9.26. The van der Waals surface area contributed by atoms with Crippen molar-refractivity contribution >= 4 is 29.1 Å². The highest BCUT2D eigenvalue weighted by Crippen LogP contribution is 2.28. The van der Waals surface area contributed by atoms with Crippen LogP contribution >= 0.6 is 0 Å². The van der Waals surface area contributed by atoms with Gasteiger partial charge in [-0.2, -0.15) is 4.98 Å². The number of nitrogens with one attached hydrogen (secondary N) is 2. The monoisotopic (exact) mass is 627 g/mol. The van der Waals surface area contributed by atoms with E-state index in [1.165, 1.54) is 0 Å². The third-order valence-electron chi connectivity index (χ3n) is 7.69. The molecule has 11 nitrogen and oxygen atoms in total. The zero-order valence-electron chi connectivity index (χ0n) is 27.5. The molecule has 45 heavy (non-hydrogen) atoms. The van der Waals surface area contributed by atoms with E-state index in [9.17, 15) is 9.59 Å². The topological polar surface area (TPSA) is 124 Å². The van der Waals surface area contributed by atoms with Crippen molar-refractivity contribution in [2.45, 2.75) is 71.6 Å². The number of unbranched alkanes of at least 4 members (excludes halogenated alkanes) is 1. The Morgan fingerprint density at radius 3 is 2.22 bits per heavy atom. The summed E-state index contributed by atoms with van der Waals surface area (Å²) in [5, 5.41) is 6.66. The molecule has 11 heteroatoms. The first-order chi connectivity index (χ1) is 22.0. The quantitative estimate of drug-likeness (QED) is 0.138. The lowest BCUT2D eigenvalue weighted by molar-refractivity contribution is -0.136. The fraction of sp³-hybridized carbons (Fsp3) is 0.647. The van der Waals surface area contributed by atoms with Crippen molar-refractivity contribution < 1.29 is 28.5 Å². The molecule has 0 atom stereocenters. The number of aromatic nitrogens is 2. The maximum Gasteiger partial charge on any atom is 0.229 e. The Labute approximate surface area is 268 Å². The number of benzene rings is 1. The number of anilines is 3. The Morgan fingerprint density at radius 1 is 0.911 bits per heavy atom. The molecule has 1 saturated carbocycles. The lowest BCUT2D eigenvalue weighted by atomic mass is 9.84. The first-order valence-corrected chi connectivity index (χ1v) is 16.6. The molecule has 1 aromatic carbocycles. The Hall–Kier alpha value is -3.28. The Balaban J connectivity index is 1.23. The third kappa shape index (κ3) is 14.1. The molecule has 1 aromatic heterocycles. The smallest absolute Gasteiger partial charge is 0.229 e. The highest BCUT2D eigenvalue weighted by atomic mass is 16.5. The molecule has 0 aliphatic heterocycles. The minimum Gasteiger partial charge on any atom is -0.494 e. The average molecular weight is 628 g/mol. The van der Waals surface area contributed by atoms with Gasteiger partial charge in [0.05, 0.1) is 6.61 Å². The fourth-order valence-electron chi connectivity index (χ4n) is 4.58. The second-order valence-corrected chi connectivity index (χ2v) is 11.3. The van der Waals surface area contributed by atoms with Gasteiger partial charge in [0.15, 0.2) is 5.78 Å². The summed E-state index contributed by atoms with van der Waals surface area (Å²) in [4.78, 5) is 34.5. The van der Waals surface area contributed by atoms with E-state index < -0.39 is 0 Å². The van der Waals surface area contributed by atoms with Crippen LogP contribution < -0.4 is 15.4 Å². The van der Waals surface area contributed by atoms with E-state index in [4.69, 9.17) is 18.9 Å². The first-order valence-electron chi connectivity index (χ1n) is 16.6. The number of hydrogen-bond acceptors (Lipinski definition) is 10. The van der Waals surface area contributed by atoms with Crippen molar-refractivity contribution in [3.05, 3.63) is 36.0 Å². The zero-order valence-corrected chi connectivity index (χ0v) is 27.5. The summed E-state index contributed by atoms with van der Waals surface area (Å²) in [5.41, 5.74) is 1.90. The molecule has 0 spiro atoms. The summed E-state index contributed by atoms with van der Waals surface area (Å²) in [6, 6.07) is 7.74. The molecule has 1 aliphatic rings. The summed E-state index contributed by atoms with van der Waals surface area (Å²) in [5.74, 6) is 2.68. The summed E-state index contributed by atoms with van der Waals surface area (Å²) in [6.07, 6.45) is 9.90. The number of ether oxygens (including phenoxy) is 4. The lowest BCUT2D eigenvalue weighted by Gasteiger charge is -2.29. The number of amides is 1. The van der Waals surface area contributed by atoms with E-state index >= 15 is 0 Å². The molecule has 0 unspecified atom stereocenters. The normalized spacial score (nSPS) is 12.9. The predicted octanol–water partition coefficient (Wildman–Crippen LogP) is 5.42. The Kier molecular flexibility index (Phi) is 17.3. The van der Waals surface area contributed by atoms with Crippen molar-refractivity contribution in [3.8, 4) is 5.75 Å². The highest BCUT2D eigenvalue weighted by molar-refractivity contribution is 5.79. The first kappa shape index (κ1) is 36.2. The Bertz CT molecular complexity index is 1130. The SMILES string of the molecule is CCC(=O)COCCCOCCCCOCCCOc1ccc(Nc2ncc(CC)c(NCCN(C)C(=O)C3CCC3)n2)cc1. The molecule has 1 fully saturated rings. The van der Waals surface area contributed by atoms with Gasteiger partial charge in [0.25, 0.3) is 0 Å². The van der Waals surface area contributed by atoms with Crippen LogP contribution in [0.15, 0.2) is 30.5 Å². The van der Waals surface area contributed by atoms with Crippen molar-refractivity contribution in [3.63, 3.8) is 0 Å². The molecule has 0 saturated heterocycles. The third-order valence-corrected chi connectivity index (χ3v) is 7.69. The molecular formula is C34H53N5O6. The molecule has 2 aromatic rings. The van der Waals surface area contributed by atoms with E-state index in [-0.39, 0.29) is 24.2 Å². The van der Waals surface area contributed by atoms with Crippen LogP contribution in [0.2, 0.25) is 0 Å². The highest BCUT2D eigenvalue weighted by Gasteiger charge is 2.27. The van der Waals surface area contributed by atoms with Crippen LogP contribution in [-0.2, 0) is 30.2 Å². The van der Waals surface area contributed by atoms with Crippen LogP contribution in [0.25, 0.3) is 0 Å². The van der Waals surface area contributed by atoms with E-state index in [2.05, 4.69) is 27.5 Å². The van der Waals surface area contributed by atoms with Gasteiger partial charge in [-0.25, -0.2) is 4.98 Å². The van der Waals surface area contributed by atoms with Gasteiger partial charge in [-0.05, 0) is 62.8 Å². The van der Waals surface area contributed by atoms with Crippen LogP contribution in [0.5, 0.6) is 5.75 Å². The second kappa shape index (κ2) is 21.5. The molecule has 0 bridgehead atoms. The molecule has 250 valence electrons. The fourth-order valence-corrected chi connectivity index (χ4v) is 4.58. The van der Waals surface area contributed by atoms with Gasteiger partial charge in [-0.1, -0.05) is 20.3 Å². The lowest BCUT2D eigenvalue weighted by Crippen LogP contribution is -2.38. The van der Waals surface area contributed by atoms with E-state index in [0.29, 0.717) is 65.1 Å². The Morgan fingerprint density at radius 2 is 1.58 bits per heavy atom. The standard InChI is InChI=1S/C34H53N5O6/c1-4-27-25-36-34(38-32(27)35-17-18-39(3)33(41)28-11-8-12-28)37-29-13-15-31(16-14-29)45-24-10-22-43-20-7-6-19-42-21-9-23-44-26-30(40)5-2/h13-16,25,28H,4-12,17-24,26H2,1-3H3,(H2,35,36,37,38). The molecule has 3 rings (SSSR count). The van der Waals surface area contributed by atoms with Crippen LogP contribution in [0.1, 0.15) is 70.8 Å². The van der Waals surface area contributed by atoms with E-state index in [0.717, 1.165) is 74.2 Å². The number of hydrogen-bond donors (Lipinski definition) is 2. The zero-order chi connectivity index (χ0) is 32.1. The summed E-state index contributed by atoms with van der Waals surface area (Å²) in [7, 11) is 1.87. The second-order valence-electron chi connectivity index (χ2n) is 11.3. The number of Topliss-reactive ketones (excluding diaryl/α,β-unsaturated/α-hetero) is 1.